The molecule has 3 amide bonds. The Morgan fingerprint density at radius 3 is 1.23 bits per heavy atom. The Kier molecular flexibility index (Phi) is 25.8. The van der Waals surface area contributed by atoms with Gasteiger partial charge in [0, 0.05) is 66.3 Å². The lowest BCUT2D eigenvalue weighted by atomic mass is 9.86. The fraction of sp³-hybridized carbons (Fsp3) is 0.816. The summed E-state index contributed by atoms with van der Waals surface area (Å²) in [4.78, 5) is 66.6. The average Bonchev–Trinajstić information content (AvgIpc) is 3.16. The van der Waals surface area contributed by atoms with E-state index in [1.165, 1.54) is 72.2 Å². The molecule has 358 valence electrons. The number of halogens is 3. The Morgan fingerprint density at radius 2 is 0.871 bits per heavy atom. The van der Waals surface area contributed by atoms with Crippen molar-refractivity contribution in [2.75, 3.05) is 34.0 Å². The number of carbonyl (C=O) groups is 6. The van der Waals surface area contributed by atoms with E-state index in [0.717, 1.165) is 0 Å². The molecular weight excluding hydrogens is 939 g/mol. The van der Waals surface area contributed by atoms with Crippen LogP contribution in [-0.4, -0.2) is 152 Å². The summed E-state index contributed by atoms with van der Waals surface area (Å²) < 4.78 is 29.2. The monoisotopic (exact) mass is 1000 g/mol. The van der Waals surface area contributed by atoms with Gasteiger partial charge >= 0.3 is 17.9 Å². The predicted molar refractivity (Wildman–Crippen MR) is 240 cm³/mol. The molecule has 3 aliphatic rings. The van der Waals surface area contributed by atoms with Crippen LogP contribution in [0.15, 0.2) is 0 Å². The molecule has 3 saturated heterocycles. The van der Waals surface area contributed by atoms with Gasteiger partial charge in [0.25, 0.3) is 3.79 Å². The normalized spacial score (nSPS) is 33.0. The first-order chi connectivity index (χ1) is 28.7. The highest BCUT2D eigenvalue weighted by molar-refractivity contribution is 8.01. The van der Waals surface area contributed by atoms with E-state index >= 15 is 0 Å². The third-order valence-electron chi connectivity index (χ3n) is 10.3. The van der Waals surface area contributed by atoms with Gasteiger partial charge in [-0.15, -0.1) is 35.3 Å². The van der Waals surface area contributed by atoms with Crippen molar-refractivity contribution in [3.63, 3.8) is 0 Å². The lowest BCUT2D eigenvalue weighted by molar-refractivity contribution is -0.143. The Balaban J connectivity index is 0.000000470. The van der Waals surface area contributed by atoms with E-state index in [0.29, 0.717) is 12.5 Å². The zero-order valence-electron chi connectivity index (χ0n) is 36.9. The molecule has 18 nitrogen and oxygen atoms in total. The van der Waals surface area contributed by atoms with E-state index < -0.39 is 50.0 Å². The van der Waals surface area contributed by atoms with E-state index in [4.69, 9.17) is 68.6 Å². The molecule has 6 N–H and O–H groups in total. The van der Waals surface area contributed by atoms with Crippen molar-refractivity contribution >= 4 is 112 Å². The molecule has 24 heteroatoms. The fourth-order valence-electron chi connectivity index (χ4n) is 6.58. The minimum atomic E-state index is -1.99. The number of aliphatic hydroxyl groups excluding tert-OH is 2. The molecule has 0 spiro atoms. The van der Waals surface area contributed by atoms with Gasteiger partial charge in [0.1, 0.15) is 36.8 Å². The molecular formula is C38H63Cl3N4O14S3. The third kappa shape index (κ3) is 19.3. The van der Waals surface area contributed by atoms with Gasteiger partial charge in [0.15, 0.2) is 5.44 Å². The van der Waals surface area contributed by atoms with Gasteiger partial charge in [-0.3, -0.25) is 34.2 Å². The van der Waals surface area contributed by atoms with Crippen molar-refractivity contribution in [2.24, 2.45) is 23.7 Å². The molecule has 0 bridgehead atoms. The van der Waals surface area contributed by atoms with Crippen molar-refractivity contribution in [1.82, 2.24) is 16.0 Å². The lowest BCUT2D eigenvalue weighted by Crippen LogP contribution is -2.61. The maximum Gasteiger partial charge on any atom is 0.302 e. The summed E-state index contributed by atoms with van der Waals surface area (Å²) in [5, 5.41) is 35.7. The number of rotatable bonds is 12. The molecule has 15 atom stereocenters. The van der Waals surface area contributed by atoms with Crippen LogP contribution in [0.25, 0.3) is 0 Å². The van der Waals surface area contributed by atoms with Gasteiger partial charge in [-0.2, -0.15) is 0 Å². The largest absolute Gasteiger partial charge is 0.465 e. The molecule has 3 heterocycles. The van der Waals surface area contributed by atoms with Crippen LogP contribution in [0.3, 0.4) is 0 Å². The second-order valence-electron chi connectivity index (χ2n) is 15.0. The molecule has 6 unspecified atom stereocenters. The highest BCUT2D eigenvalue weighted by Gasteiger charge is 2.47. The number of hydrogen-bond acceptors (Lipinski definition) is 18. The van der Waals surface area contributed by atoms with Crippen LogP contribution in [0.4, 0.5) is 0 Å². The Bertz CT molecular complexity index is 1450. The van der Waals surface area contributed by atoms with E-state index in [2.05, 4.69) is 29.8 Å². The van der Waals surface area contributed by atoms with Crippen molar-refractivity contribution in [1.29, 1.82) is 5.41 Å². The molecule has 0 radical (unpaired) electrons. The molecule has 0 aliphatic carbocycles. The zero-order valence-corrected chi connectivity index (χ0v) is 41.7. The van der Waals surface area contributed by atoms with E-state index in [-0.39, 0.29) is 88.6 Å². The summed E-state index contributed by atoms with van der Waals surface area (Å²) in [6.07, 6.45) is -2.30. The van der Waals surface area contributed by atoms with Gasteiger partial charge in [0.05, 0.1) is 29.5 Å². The highest BCUT2D eigenvalue weighted by Crippen LogP contribution is 2.43. The molecule has 3 rings (SSSR count). The van der Waals surface area contributed by atoms with Crippen LogP contribution in [0.1, 0.15) is 69.2 Å². The molecule has 3 fully saturated rings. The van der Waals surface area contributed by atoms with Gasteiger partial charge in [-0.05, 0) is 23.7 Å². The summed E-state index contributed by atoms with van der Waals surface area (Å²) >= 11 is 21.2. The number of esters is 3. The van der Waals surface area contributed by atoms with E-state index in [1.807, 2.05) is 13.8 Å². The van der Waals surface area contributed by atoms with Crippen molar-refractivity contribution in [2.45, 2.75) is 135 Å². The fourth-order valence-corrected chi connectivity index (χ4v) is 11.2. The Morgan fingerprint density at radius 1 is 0.548 bits per heavy atom. The first-order valence-corrected chi connectivity index (χ1v) is 23.5. The number of alkyl halides is 3. The number of thioether (sulfide) groups is 3. The zero-order chi connectivity index (χ0) is 47.8. The maximum absolute atomic E-state index is 11.5. The topological polar surface area (TPSA) is 258 Å². The van der Waals surface area contributed by atoms with Crippen LogP contribution in [0, 0.1) is 29.1 Å². The maximum atomic E-state index is 11.5. The van der Waals surface area contributed by atoms with Gasteiger partial charge < -0.3 is 54.6 Å². The standard InChI is InChI=1S/C14H21Cl3N2O4S.C13H23NO4S.C11H19NO6S/c1-6-7(2)11(19-8(3)20)12(23-13(18)14(15,16)17)24-10(6)5-22-9(4)21;1-7-8(2)12(14-9(3)15)13(17-5)19-11(7)6-18-10(4)16;1-5(13)12-8-10(16)9(15)7(4-18-6(2)14)19-11(8)17-3/h6-7,10-12,18H,5H2,1-4H3,(H,19,20);7-8,11-13H,6H2,1-5H3,(H,14,15);7-11,15-16H,4H2,1-3H3,(H,12,13)/t6-,7-,10?,11?,12-;7-,8-,11?,12?,13+;7?,8?,9-,10-,11-/m001/s1. The molecule has 0 aromatic rings. The molecule has 62 heavy (non-hydrogen) atoms. The second-order valence-corrected chi connectivity index (χ2v) is 21.4. The SMILES string of the molecule is CC(=O)NC1[C@@H](C)[C@H](C)C(COC(C)=O)S[C@@H]1OC(=N)C(Cl)(Cl)Cl.CO[C@@H]1SC(COC(C)=O)[C@@H](C)[C@H](C)C1NC(C)=O.CO[C@@H]1SC(COC(C)=O)[C@@H](O)[C@H](O)C1NC(C)=O. The smallest absolute Gasteiger partial charge is 0.302 e. The lowest BCUT2D eigenvalue weighted by Gasteiger charge is -2.44. The van der Waals surface area contributed by atoms with Crippen LogP contribution in [-0.2, 0) is 57.2 Å². The van der Waals surface area contributed by atoms with Gasteiger partial charge in [-0.25, -0.2) is 0 Å². The van der Waals surface area contributed by atoms with E-state index in [1.54, 1.807) is 18.9 Å². The first kappa shape index (κ1) is 58.1. The van der Waals surface area contributed by atoms with Gasteiger partial charge in [-0.1, -0.05) is 62.5 Å². The number of amides is 3. The van der Waals surface area contributed by atoms with Crippen molar-refractivity contribution in [3.05, 3.63) is 0 Å². The average molecular weight is 1000 g/mol. The van der Waals surface area contributed by atoms with Crippen molar-refractivity contribution < 1.29 is 67.4 Å². The number of nitrogens with one attached hydrogen (secondary N) is 4. The number of carbonyl (C=O) groups excluding carboxylic acids is 6. The van der Waals surface area contributed by atoms with Crippen LogP contribution in [0.5, 0.6) is 0 Å². The summed E-state index contributed by atoms with van der Waals surface area (Å²) in [6, 6.07) is -1.10. The number of ether oxygens (including phenoxy) is 6. The van der Waals surface area contributed by atoms with Crippen molar-refractivity contribution in [3.8, 4) is 0 Å². The predicted octanol–water partition coefficient (Wildman–Crippen LogP) is 3.41. The first-order valence-electron chi connectivity index (χ1n) is 19.6. The summed E-state index contributed by atoms with van der Waals surface area (Å²) in [7, 11) is 3.08. The molecule has 0 saturated carbocycles. The quantitative estimate of drug-likeness (QED) is 0.0538. The summed E-state index contributed by atoms with van der Waals surface area (Å²) in [5.74, 6) is -1.48. The second kappa shape index (κ2) is 27.5. The highest BCUT2D eigenvalue weighted by atomic mass is 35.6. The Hall–Kier alpha value is -1.95. The number of methoxy groups -OCH3 is 2. The number of aliphatic hydroxyl groups is 2. The summed E-state index contributed by atoms with van der Waals surface area (Å²) in [5.41, 5.74) is -1.28. The summed E-state index contributed by atoms with van der Waals surface area (Å²) in [6.45, 7) is 17.0. The third-order valence-corrected chi connectivity index (χ3v) is 15.6. The Labute approximate surface area is 391 Å². The minimum Gasteiger partial charge on any atom is -0.465 e. The molecule has 0 aromatic heterocycles. The van der Waals surface area contributed by atoms with Crippen LogP contribution in [0.2, 0.25) is 0 Å². The molecule has 3 aliphatic heterocycles. The minimum absolute atomic E-state index is 0.00360. The molecule has 0 aromatic carbocycles. The van der Waals surface area contributed by atoms with E-state index in [9.17, 15) is 39.0 Å². The number of hydrogen-bond donors (Lipinski definition) is 6. The van der Waals surface area contributed by atoms with Crippen LogP contribution < -0.4 is 16.0 Å². The van der Waals surface area contributed by atoms with Crippen LogP contribution >= 0.6 is 70.1 Å². The van der Waals surface area contributed by atoms with Gasteiger partial charge in [0.2, 0.25) is 23.6 Å².